The fraction of sp³-hybridized carbons (Fsp3) is 0.700. The van der Waals surface area contributed by atoms with E-state index in [1.165, 1.54) is 9.80 Å². The topological polar surface area (TPSA) is 104 Å². The lowest BCUT2D eigenvalue weighted by Gasteiger charge is -2.56. The number of rotatable bonds is 2. The number of likely N-dealkylation sites (N-methyl/N-ethyl adjacent to an activating group) is 1. The van der Waals surface area contributed by atoms with Gasteiger partial charge in [0.05, 0.1) is 63.2 Å². The Kier molecular flexibility index (Phi) is 4.89. The van der Waals surface area contributed by atoms with E-state index in [0.29, 0.717) is 0 Å². The van der Waals surface area contributed by atoms with Crippen molar-refractivity contribution in [3.63, 3.8) is 0 Å². The number of piperidine rings is 1. The zero-order valence-corrected chi connectivity index (χ0v) is 15.7. The summed E-state index contributed by atoms with van der Waals surface area (Å²) in [5.41, 5.74) is -0.986. The van der Waals surface area contributed by atoms with Gasteiger partial charge in [0, 0.05) is 24.2 Å². The standard InChI is InChI=1S/C20H26N6/c1-3-25-9-6-19(7-10-25)17-12-26(4-2)8-5-15(17)16(11-21)18(24)20(19,13-22)14-23/h5,16-17,24H,3-4,6-10,12H2,1-2H3/p+2/t16-,17-/m1/s1. The monoisotopic (exact) mass is 352 g/mol. The van der Waals surface area contributed by atoms with Gasteiger partial charge >= 0.3 is 0 Å². The van der Waals surface area contributed by atoms with Gasteiger partial charge in [-0.25, -0.2) is 0 Å². The average molecular weight is 352 g/mol. The Labute approximate surface area is 155 Å². The van der Waals surface area contributed by atoms with E-state index in [4.69, 9.17) is 5.41 Å². The fourth-order valence-electron chi connectivity index (χ4n) is 5.56. The molecule has 0 radical (unpaired) electrons. The minimum absolute atomic E-state index is 0.0207. The van der Waals surface area contributed by atoms with Crippen molar-refractivity contribution in [3.8, 4) is 18.2 Å². The Hall–Kier alpha value is -2.20. The van der Waals surface area contributed by atoms with Crippen LogP contribution in [0.2, 0.25) is 0 Å². The molecular weight excluding hydrogens is 324 g/mol. The third-order valence-electron chi connectivity index (χ3n) is 7.28. The van der Waals surface area contributed by atoms with Crippen LogP contribution in [-0.4, -0.2) is 45.0 Å². The van der Waals surface area contributed by atoms with Gasteiger partial charge in [0.15, 0.2) is 5.41 Å². The first-order valence-corrected chi connectivity index (χ1v) is 9.71. The van der Waals surface area contributed by atoms with Gasteiger partial charge in [0.1, 0.15) is 5.92 Å². The molecule has 0 amide bonds. The zero-order chi connectivity index (χ0) is 18.9. The second-order valence-corrected chi connectivity index (χ2v) is 7.98. The summed E-state index contributed by atoms with van der Waals surface area (Å²) in [5.74, 6) is -0.678. The molecule has 1 saturated carbocycles. The predicted octanol–water partition coefficient (Wildman–Crippen LogP) is -0.661. The van der Waals surface area contributed by atoms with Gasteiger partial charge < -0.3 is 15.2 Å². The van der Waals surface area contributed by atoms with Gasteiger partial charge in [-0.3, -0.25) is 0 Å². The average Bonchev–Trinajstić information content (AvgIpc) is 2.70. The highest BCUT2D eigenvalue weighted by Crippen LogP contribution is 2.59. The van der Waals surface area contributed by atoms with Crippen molar-refractivity contribution in [2.45, 2.75) is 26.7 Å². The molecule has 6 heteroatoms. The van der Waals surface area contributed by atoms with Crippen LogP contribution in [0.5, 0.6) is 0 Å². The molecule has 2 fully saturated rings. The maximum atomic E-state index is 10.1. The van der Waals surface area contributed by atoms with Crippen molar-refractivity contribution in [2.75, 3.05) is 39.3 Å². The summed E-state index contributed by atoms with van der Waals surface area (Å²) in [4.78, 5) is 2.92. The van der Waals surface area contributed by atoms with Gasteiger partial charge in [-0.15, -0.1) is 0 Å². The highest BCUT2D eigenvalue weighted by atomic mass is 15.1. The van der Waals surface area contributed by atoms with E-state index in [2.05, 4.69) is 38.1 Å². The van der Waals surface area contributed by atoms with E-state index >= 15 is 0 Å². The molecule has 2 heterocycles. The van der Waals surface area contributed by atoms with E-state index < -0.39 is 16.7 Å². The number of nitrogens with one attached hydrogen (secondary N) is 3. The van der Waals surface area contributed by atoms with Crippen molar-refractivity contribution in [2.24, 2.45) is 22.7 Å². The number of fused-ring (bicyclic) bond motifs is 2. The summed E-state index contributed by atoms with van der Waals surface area (Å²) in [6.45, 7) is 9.93. The first-order valence-electron chi connectivity index (χ1n) is 9.71. The molecule has 3 aliphatic rings. The molecule has 0 aromatic heterocycles. The lowest BCUT2D eigenvalue weighted by atomic mass is 9.44. The molecule has 3 rings (SSSR count). The van der Waals surface area contributed by atoms with Crippen LogP contribution in [0, 0.1) is 62.1 Å². The highest BCUT2D eigenvalue weighted by Gasteiger charge is 2.67. The summed E-state index contributed by atoms with van der Waals surface area (Å²) in [5, 5.41) is 38.7. The molecular formula is C20H28N6+2. The molecule has 1 unspecified atom stereocenters. The Morgan fingerprint density at radius 3 is 2.23 bits per heavy atom. The summed E-state index contributed by atoms with van der Waals surface area (Å²) in [7, 11) is 0. The van der Waals surface area contributed by atoms with Crippen LogP contribution in [0.3, 0.4) is 0 Å². The van der Waals surface area contributed by atoms with Crippen molar-refractivity contribution >= 4 is 5.71 Å². The van der Waals surface area contributed by atoms with Crippen LogP contribution >= 0.6 is 0 Å². The summed E-state index contributed by atoms with van der Waals surface area (Å²) < 4.78 is 0. The maximum Gasteiger partial charge on any atom is 0.189 e. The van der Waals surface area contributed by atoms with Crippen LogP contribution in [0.4, 0.5) is 0 Å². The van der Waals surface area contributed by atoms with Gasteiger partial charge in [-0.05, 0) is 25.5 Å². The molecule has 136 valence electrons. The predicted molar refractivity (Wildman–Crippen MR) is 96.2 cm³/mol. The number of likely N-dealkylation sites (tertiary alicyclic amines) is 1. The smallest absolute Gasteiger partial charge is 0.189 e. The molecule has 3 atom stereocenters. The molecule has 0 aromatic rings. The van der Waals surface area contributed by atoms with Gasteiger partial charge in [-0.2, -0.15) is 15.8 Å². The zero-order valence-electron chi connectivity index (χ0n) is 15.7. The Morgan fingerprint density at radius 2 is 1.73 bits per heavy atom. The minimum Gasteiger partial charge on any atom is -0.335 e. The van der Waals surface area contributed by atoms with E-state index in [1.807, 2.05) is 0 Å². The van der Waals surface area contributed by atoms with Crippen LogP contribution in [0.1, 0.15) is 26.7 Å². The van der Waals surface area contributed by atoms with Crippen molar-refractivity contribution in [1.82, 2.24) is 0 Å². The number of hydrogen-bond acceptors (Lipinski definition) is 4. The van der Waals surface area contributed by atoms with Crippen LogP contribution in [-0.2, 0) is 0 Å². The van der Waals surface area contributed by atoms with Gasteiger partial charge in [0.2, 0.25) is 0 Å². The molecule has 0 bridgehead atoms. The lowest BCUT2D eigenvalue weighted by Crippen LogP contribution is -3.14. The van der Waals surface area contributed by atoms with Gasteiger partial charge in [0.25, 0.3) is 0 Å². The number of nitrogens with zero attached hydrogens (tertiary/aromatic N) is 3. The quantitative estimate of drug-likeness (QED) is 0.575. The van der Waals surface area contributed by atoms with E-state index in [0.717, 1.165) is 57.7 Å². The van der Waals surface area contributed by atoms with E-state index in [-0.39, 0.29) is 11.6 Å². The SMILES string of the molecule is CC[NH+]1CCC2(CC1)[C@@H]1C[NH+](CC)CC=C1[C@@H](C#N)C(=N)C2(C#N)C#N. The summed E-state index contributed by atoms with van der Waals surface area (Å²) >= 11 is 0. The molecule has 3 N–H and O–H groups in total. The van der Waals surface area contributed by atoms with Crippen molar-refractivity contribution in [3.05, 3.63) is 11.6 Å². The van der Waals surface area contributed by atoms with Crippen molar-refractivity contribution < 1.29 is 9.80 Å². The largest absolute Gasteiger partial charge is 0.335 e. The second-order valence-electron chi connectivity index (χ2n) is 7.98. The second kappa shape index (κ2) is 6.84. The van der Waals surface area contributed by atoms with E-state index in [1.54, 1.807) is 0 Å². The van der Waals surface area contributed by atoms with Crippen LogP contribution < -0.4 is 9.80 Å². The van der Waals surface area contributed by atoms with E-state index in [9.17, 15) is 15.8 Å². The van der Waals surface area contributed by atoms with Gasteiger partial charge in [-0.1, -0.05) is 0 Å². The normalized spacial score (nSPS) is 38.4. The number of nitriles is 3. The molecule has 1 saturated heterocycles. The number of quaternary nitrogens is 2. The molecule has 2 aliphatic heterocycles. The first-order chi connectivity index (χ1) is 12.5. The minimum atomic E-state index is -1.48. The molecule has 26 heavy (non-hydrogen) atoms. The Balaban J connectivity index is 2.17. The molecule has 1 spiro atoms. The molecule has 6 nitrogen and oxygen atoms in total. The highest BCUT2D eigenvalue weighted by molar-refractivity contribution is 6.00. The maximum absolute atomic E-state index is 10.1. The third kappa shape index (κ3) is 2.32. The number of hydrogen-bond donors (Lipinski definition) is 3. The van der Waals surface area contributed by atoms with Crippen LogP contribution in [0.25, 0.3) is 0 Å². The fourth-order valence-corrected chi connectivity index (χ4v) is 5.56. The Morgan fingerprint density at radius 1 is 1.12 bits per heavy atom. The van der Waals surface area contributed by atoms with Crippen LogP contribution in [0.15, 0.2) is 11.6 Å². The first kappa shape index (κ1) is 18.6. The lowest BCUT2D eigenvalue weighted by molar-refractivity contribution is -0.910. The Bertz CT molecular complexity index is 724. The summed E-state index contributed by atoms with van der Waals surface area (Å²) in [6.07, 6.45) is 3.68. The summed E-state index contributed by atoms with van der Waals surface area (Å²) in [6, 6.07) is 6.76. The van der Waals surface area contributed by atoms with Crippen molar-refractivity contribution in [1.29, 1.82) is 21.2 Å². The third-order valence-corrected chi connectivity index (χ3v) is 7.28. The molecule has 1 aliphatic carbocycles. The molecule has 0 aromatic carbocycles.